The molecule has 9 nitrogen and oxygen atoms in total. The number of nitrogens with one attached hydrogen (secondary N) is 2. The number of aliphatic hydroxyl groups excluding tert-OH is 1. The van der Waals surface area contributed by atoms with E-state index >= 15 is 0 Å². The van der Waals surface area contributed by atoms with Gasteiger partial charge in [0.15, 0.2) is 10.8 Å². The van der Waals surface area contributed by atoms with Crippen molar-refractivity contribution in [3.63, 3.8) is 0 Å². The van der Waals surface area contributed by atoms with Gasteiger partial charge in [0.2, 0.25) is 0 Å². The summed E-state index contributed by atoms with van der Waals surface area (Å²) in [6.45, 7) is 2.01. The maximum absolute atomic E-state index is 13.2. The van der Waals surface area contributed by atoms with E-state index < -0.39 is 6.10 Å². The number of amides is 2. The number of pyridine rings is 1. The Bertz CT molecular complexity index is 1540. The summed E-state index contributed by atoms with van der Waals surface area (Å²) < 4.78 is 2.57. The minimum atomic E-state index is -0.690. The number of hydrogen-bond donors (Lipinski definition) is 4. The fourth-order valence-corrected chi connectivity index (χ4v) is 5.20. The molecule has 0 spiro atoms. The SMILES string of the molecule is C[C@@H](O)CNC(=O)c1c(-c2ccsc2)nc2c(C(=O)NCc3ccc4nc(N)sc4c3)cccn12. The quantitative estimate of drug-likeness (QED) is 0.268. The molecule has 2 amide bonds. The average Bonchev–Trinajstić information content (AvgIpc) is 3.57. The van der Waals surface area contributed by atoms with Crippen molar-refractivity contribution >= 4 is 55.5 Å². The first-order valence-corrected chi connectivity index (χ1v) is 12.6. The number of anilines is 1. The largest absolute Gasteiger partial charge is 0.392 e. The molecule has 0 unspecified atom stereocenters. The van der Waals surface area contributed by atoms with E-state index in [1.165, 1.54) is 22.7 Å². The van der Waals surface area contributed by atoms with Gasteiger partial charge in [-0.2, -0.15) is 11.3 Å². The van der Waals surface area contributed by atoms with Crippen LogP contribution in [0.4, 0.5) is 5.13 Å². The number of thiophene rings is 1. The molecule has 5 aromatic rings. The van der Waals surface area contributed by atoms with E-state index in [9.17, 15) is 14.7 Å². The molecule has 4 aromatic heterocycles. The lowest BCUT2D eigenvalue weighted by Crippen LogP contribution is -2.31. The van der Waals surface area contributed by atoms with E-state index in [1.807, 2.05) is 35.0 Å². The molecule has 0 aliphatic heterocycles. The fourth-order valence-electron chi connectivity index (χ4n) is 3.76. The van der Waals surface area contributed by atoms with Crippen LogP contribution >= 0.6 is 22.7 Å². The van der Waals surface area contributed by atoms with E-state index in [0.29, 0.717) is 34.3 Å². The predicted octanol–water partition coefficient (Wildman–Crippen LogP) is 3.30. The van der Waals surface area contributed by atoms with Gasteiger partial charge < -0.3 is 21.5 Å². The number of carbonyl (C=O) groups excluding carboxylic acids is 2. The van der Waals surface area contributed by atoms with Crippen molar-refractivity contribution in [3.05, 3.63) is 70.2 Å². The van der Waals surface area contributed by atoms with E-state index in [2.05, 4.69) is 20.6 Å². The van der Waals surface area contributed by atoms with E-state index in [-0.39, 0.29) is 18.4 Å². The van der Waals surface area contributed by atoms with Gasteiger partial charge in [0.1, 0.15) is 11.4 Å². The van der Waals surface area contributed by atoms with E-state index in [4.69, 9.17) is 5.73 Å². The lowest BCUT2D eigenvalue weighted by Gasteiger charge is -2.09. The van der Waals surface area contributed by atoms with Crippen LogP contribution in [0.2, 0.25) is 0 Å². The number of nitrogen functional groups attached to an aromatic ring is 1. The van der Waals surface area contributed by atoms with Crippen LogP contribution in [0, 0.1) is 0 Å². The molecule has 0 aliphatic rings. The third-order valence-corrected chi connectivity index (χ3v) is 6.92. The molecule has 1 aromatic carbocycles. The number of nitrogens with two attached hydrogens (primary N) is 1. The first-order chi connectivity index (χ1) is 16.9. The molecule has 178 valence electrons. The molecule has 0 aliphatic carbocycles. The Kier molecular flexibility index (Phi) is 6.20. The molecule has 35 heavy (non-hydrogen) atoms. The second-order valence-corrected chi connectivity index (χ2v) is 9.87. The monoisotopic (exact) mass is 506 g/mol. The van der Waals surface area contributed by atoms with Crippen LogP contribution in [-0.2, 0) is 6.54 Å². The highest BCUT2D eigenvalue weighted by Crippen LogP contribution is 2.28. The number of rotatable bonds is 7. The number of benzene rings is 1. The van der Waals surface area contributed by atoms with Crippen LogP contribution in [0.25, 0.3) is 27.1 Å². The van der Waals surface area contributed by atoms with Crippen molar-refractivity contribution in [1.29, 1.82) is 0 Å². The number of thiazole rings is 1. The Morgan fingerprint density at radius 3 is 2.80 bits per heavy atom. The standard InChI is InChI=1S/C24H22N6O3S2/c1-13(31)10-26-23(33)20-19(15-6-8-34-12-15)29-21-16(3-2-7-30(20)21)22(32)27-11-14-4-5-17-18(9-14)35-24(25)28-17/h2-9,12-13,31H,10-11H2,1H3,(H2,25,28)(H,26,33)(H,27,32)/t13-/m1/s1. The van der Waals surface area contributed by atoms with Crippen LogP contribution in [0.1, 0.15) is 33.3 Å². The zero-order chi connectivity index (χ0) is 24.5. The smallest absolute Gasteiger partial charge is 0.270 e. The van der Waals surface area contributed by atoms with Crippen LogP contribution < -0.4 is 16.4 Å². The molecular weight excluding hydrogens is 484 g/mol. The summed E-state index contributed by atoms with van der Waals surface area (Å²) in [7, 11) is 0. The molecule has 0 radical (unpaired) electrons. The maximum Gasteiger partial charge on any atom is 0.270 e. The summed E-state index contributed by atoms with van der Waals surface area (Å²) in [5, 5.41) is 19.6. The van der Waals surface area contributed by atoms with Crippen LogP contribution in [0.15, 0.2) is 53.4 Å². The van der Waals surface area contributed by atoms with Gasteiger partial charge in [-0.25, -0.2) is 9.97 Å². The number of aromatic nitrogens is 3. The number of fused-ring (bicyclic) bond motifs is 2. The number of imidazole rings is 1. The third kappa shape index (κ3) is 4.61. The Hall–Kier alpha value is -3.80. The molecule has 0 bridgehead atoms. The first kappa shape index (κ1) is 23.0. The average molecular weight is 507 g/mol. The summed E-state index contributed by atoms with van der Waals surface area (Å²) in [4.78, 5) is 35.2. The predicted molar refractivity (Wildman–Crippen MR) is 138 cm³/mol. The van der Waals surface area contributed by atoms with Gasteiger partial charge in [-0.05, 0) is 48.2 Å². The zero-order valence-corrected chi connectivity index (χ0v) is 20.3. The number of carbonyl (C=O) groups is 2. The Morgan fingerprint density at radius 2 is 2.03 bits per heavy atom. The number of nitrogens with zero attached hydrogens (tertiary/aromatic N) is 3. The number of aliphatic hydroxyl groups is 1. The molecule has 4 heterocycles. The van der Waals surface area contributed by atoms with E-state index in [1.54, 1.807) is 29.7 Å². The first-order valence-electron chi connectivity index (χ1n) is 10.8. The Labute approximate surface area is 208 Å². The molecule has 5 rings (SSSR count). The second-order valence-electron chi connectivity index (χ2n) is 8.03. The van der Waals surface area contributed by atoms with Crippen molar-refractivity contribution in [3.8, 4) is 11.3 Å². The molecule has 0 fully saturated rings. The maximum atomic E-state index is 13.2. The van der Waals surface area contributed by atoms with Crippen molar-refractivity contribution < 1.29 is 14.7 Å². The van der Waals surface area contributed by atoms with Gasteiger partial charge in [-0.3, -0.25) is 14.0 Å². The van der Waals surface area contributed by atoms with Crippen LogP contribution in [0.5, 0.6) is 0 Å². The Morgan fingerprint density at radius 1 is 1.17 bits per heavy atom. The molecular formula is C24H22N6O3S2. The molecule has 11 heteroatoms. The lowest BCUT2D eigenvalue weighted by atomic mass is 10.2. The molecule has 5 N–H and O–H groups in total. The highest BCUT2D eigenvalue weighted by atomic mass is 32.1. The van der Waals surface area contributed by atoms with Gasteiger partial charge in [-0.1, -0.05) is 17.4 Å². The van der Waals surface area contributed by atoms with Crippen LogP contribution in [-0.4, -0.2) is 43.9 Å². The van der Waals surface area contributed by atoms with Gasteiger partial charge >= 0.3 is 0 Å². The van der Waals surface area contributed by atoms with Crippen LogP contribution in [0.3, 0.4) is 0 Å². The van der Waals surface area contributed by atoms with Crippen molar-refractivity contribution in [2.75, 3.05) is 12.3 Å². The lowest BCUT2D eigenvalue weighted by molar-refractivity contribution is 0.0916. The van der Waals surface area contributed by atoms with Gasteiger partial charge in [0.25, 0.3) is 11.8 Å². The third-order valence-electron chi connectivity index (χ3n) is 5.38. The second kappa shape index (κ2) is 9.45. The van der Waals surface area contributed by atoms with Crippen molar-refractivity contribution in [2.24, 2.45) is 0 Å². The van der Waals surface area contributed by atoms with Crippen molar-refractivity contribution in [1.82, 2.24) is 25.0 Å². The number of hydrogen-bond acceptors (Lipinski definition) is 8. The Balaban J connectivity index is 1.47. The van der Waals surface area contributed by atoms with Crippen molar-refractivity contribution in [2.45, 2.75) is 19.6 Å². The summed E-state index contributed by atoms with van der Waals surface area (Å²) in [6, 6.07) is 11.0. The summed E-state index contributed by atoms with van der Waals surface area (Å²) >= 11 is 2.89. The van der Waals surface area contributed by atoms with E-state index in [0.717, 1.165) is 21.3 Å². The highest BCUT2D eigenvalue weighted by Gasteiger charge is 2.24. The molecule has 0 saturated heterocycles. The topological polar surface area (TPSA) is 135 Å². The van der Waals surface area contributed by atoms with Gasteiger partial charge in [-0.15, -0.1) is 0 Å². The minimum Gasteiger partial charge on any atom is -0.392 e. The summed E-state index contributed by atoms with van der Waals surface area (Å²) in [5.74, 6) is -0.688. The summed E-state index contributed by atoms with van der Waals surface area (Å²) in [5.41, 5.74) is 9.82. The zero-order valence-electron chi connectivity index (χ0n) is 18.7. The molecule has 1 atom stereocenters. The molecule has 0 saturated carbocycles. The minimum absolute atomic E-state index is 0.102. The normalized spacial score (nSPS) is 12.2. The fraction of sp³-hybridized carbons (Fsp3) is 0.167. The highest BCUT2D eigenvalue weighted by molar-refractivity contribution is 7.22. The van der Waals surface area contributed by atoms with Gasteiger partial charge in [0.05, 0.1) is 21.9 Å². The van der Waals surface area contributed by atoms with Gasteiger partial charge in [0, 0.05) is 30.2 Å². The summed E-state index contributed by atoms with van der Waals surface area (Å²) in [6.07, 6.45) is 1.01.